The average molecular weight is 341 g/mol. The van der Waals surface area contributed by atoms with Crippen molar-refractivity contribution in [2.45, 2.75) is 56.1 Å². The highest BCUT2D eigenvalue weighted by atomic mass is 35.5. The third-order valence-corrected chi connectivity index (χ3v) is 4.44. The molecule has 2 unspecified atom stereocenters. The van der Waals surface area contributed by atoms with Crippen molar-refractivity contribution < 1.29 is 13.2 Å². The van der Waals surface area contributed by atoms with E-state index in [2.05, 4.69) is 24.1 Å². The molecule has 0 bridgehead atoms. The van der Waals surface area contributed by atoms with Crippen molar-refractivity contribution in [1.82, 2.24) is 10.3 Å². The van der Waals surface area contributed by atoms with Crippen LogP contribution in [-0.2, 0) is 6.18 Å². The third-order valence-electron chi connectivity index (χ3n) is 2.92. The van der Waals surface area contributed by atoms with Gasteiger partial charge in [-0.2, -0.15) is 13.2 Å². The van der Waals surface area contributed by atoms with Gasteiger partial charge in [0.1, 0.15) is 5.03 Å². The lowest BCUT2D eigenvalue weighted by Crippen LogP contribution is -2.31. The van der Waals surface area contributed by atoms with Gasteiger partial charge in [0.15, 0.2) is 0 Å². The number of nitrogens with zero attached hydrogens (tertiary/aromatic N) is 1. The molecule has 0 aliphatic heterocycles. The fraction of sp³-hybridized carbons (Fsp3) is 0.643. The Kier molecular flexibility index (Phi) is 7.30. The minimum Gasteiger partial charge on any atom is -0.313 e. The second kappa shape index (κ2) is 8.25. The summed E-state index contributed by atoms with van der Waals surface area (Å²) in [5, 5.41) is 4.04. The Morgan fingerprint density at radius 3 is 2.57 bits per heavy atom. The molecule has 2 atom stereocenters. The first-order valence-corrected chi connectivity index (χ1v) is 8.12. The standard InChI is InChI=1S/C14H20ClF3N2S/c1-4-5-9(2)19-7-10(3)21-13-12(15)6-11(8-20-13)14(16,17)18/h6,8-10,19H,4-5,7H2,1-3H3. The molecule has 1 aromatic heterocycles. The highest BCUT2D eigenvalue weighted by Gasteiger charge is 2.31. The molecule has 0 saturated carbocycles. The topological polar surface area (TPSA) is 24.9 Å². The quantitative estimate of drug-likeness (QED) is 0.706. The van der Waals surface area contributed by atoms with Crippen molar-refractivity contribution in [3.63, 3.8) is 0 Å². The molecule has 0 amide bonds. The molecular weight excluding hydrogens is 321 g/mol. The predicted molar refractivity (Wildman–Crippen MR) is 81.9 cm³/mol. The van der Waals surface area contributed by atoms with Gasteiger partial charge in [0, 0.05) is 24.0 Å². The zero-order valence-corrected chi connectivity index (χ0v) is 13.9. The Balaban J connectivity index is 2.58. The molecule has 120 valence electrons. The second-order valence-electron chi connectivity index (χ2n) is 5.04. The van der Waals surface area contributed by atoms with Crippen LogP contribution < -0.4 is 5.32 Å². The maximum absolute atomic E-state index is 12.5. The molecule has 0 aromatic carbocycles. The van der Waals surface area contributed by atoms with E-state index in [9.17, 15) is 13.2 Å². The number of nitrogens with one attached hydrogen (secondary N) is 1. The Bertz CT molecular complexity index is 454. The summed E-state index contributed by atoms with van der Waals surface area (Å²) in [5.74, 6) is 0. The zero-order chi connectivity index (χ0) is 16.0. The lowest BCUT2D eigenvalue weighted by molar-refractivity contribution is -0.137. The van der Waals surface area contributed by atoms with Crippen LogP contribution in [0.4, 0.5) is 13.2 Å². The summed E-state index contributed by atoms with van der Waals surface area (Å²) in [7, 11) is 0. The number of halogens is 4. The Morgan fingerprint density at radius 2 is 2.05 bits per heavy atom. The van der Waals surface area contributed by atoms with Gasteiger partial charge in [-0.1, -0.05) is 31.9 Å². The third kappa shape index (κ3) is 6.45. The van der Waals surface area contributed by atoms with E-state index in [1.54, 1.807) is 0 Å². The van der Waals surface area contributed by atoms with E-state index in [-0.39, 0.29) is 10.3 Å². The Hall–Kier alpha value is -0.460. The van der Waals surface area contributed by atoms with E-state index in [0.717, 1.165) is 31.6 Å². The van der Waals surface area contributed by atoms with Gasteiger partial charge in [0.25, 0.3) is 0 Å². The summed E-state index contributed by atoms with van der Waals surface area (Å²) >= 11 is 7.26. The van der Waals surface area contributed by atoms with Gasteiger partial charge in [-0.15, -0.1) is 11.8 Å². The molecule has 0 aliphatic rings. The molecule has 0 fully saturated rings. The van der Waals surface area contributed by atoms with Gasteiger partial charge in [-0.25, -0.2) is 4.98 Å². The van der Waals surface area contributed by atoms with Crippen LogP contribution in [0.25, 0.3) is 0 Å². The minimum atomic E-state index is -4.41. The van der Waals surface area contributed by atoms with Gasteiger partial charge in [0.2, 0.25) is 0 Å². The van der Waals surface area contributed by atoms with Crippen molar-refractivity contribution in [3.8, 4) is 0 Å². The monoisotopic (exact) mass is 340 g/mol. The van der Waals surface area contributed by atoms with Gasteiger partial charge in [-0.3, -0.25) is 0 Å². The number of hydrogen-bond acceptors (Lipinski definition) is 3. The summed E-state index contributed by atoms with van der Waals surface area (Å²) in [4.78, 5) is 3.83. The summed E-state index contributed by atoms with van der Waals surface area (Å²) in [6.07, 6.45) is -1.38. The van der Waals surface area contributed by atoms with Gasteiger partial charge >= 0.3 is 6.18 Å². The predicted octanol–water partition coefficient (Wildman–Crippen LogP) is 5.01. The molecule has 2 nitrogen and oxygen atoms in total. The molecule has 1 N–H and O–H groups in total. The SMILES string of the molecule is CCCC(C)NCC(C)Sc1ncc(C(F)(F)F)cc1Cl. The minimum absolute atomic E-state index is 0.0447. The summed E-state index contributed by atoms with van der Waals surface area (Å²) < 4.78 is 37.6. The number of aromatic nitrogens is 1. The van der Waals surface area contributed by atoms with E-state index in [1.165, 1.54) is 11.8 Å². The maximum Gasteiger partial charge on any atom is 0.417 e. The number of pyridine rings is 1. The van der Waals surface area contributed by atoms with Crippen LogP contribution >= 0.6 is 23.4 Å². The maximum atomic E-state index is 12.5. The van der Waals surface area contributed by atoms with E-state index >= 15 is 0 Å². The zero-order valence-electron chi connectivity index (χ0n) is 12.3. The fourth-order valence-electron chi connectivity index (χ4n) is 1.80. The number of thioether (sulfide) groups is 1. The molecule has 7 heteroatoms. The number of alkyl halides is 3. The molecule has 21 heavy (non-hydrogen) atoms. The van der Waals surface area contributed by atoms with Gasteiger partial charge < -0.3 is 5.32 Å². The van der Waals surface area contributed by atoms with E-state index < -0.39 is 11.7 Å². The van der Waals surface area contributed by atoms with E-state index in [0.29, 0.717) is 11.1 Å². The average Bonchev–Trinajstić information content (AvgIpc) is 2.38. The molecule has 1 aromatic rings. The van der Waals surface area contributed by atoms with Crippen LogP contribution in [0.1, 0.15) is 39.2 Å². The summed E-state index contributed by atoms with van der Waals surface area (Å²) in [6.45, 7) is 6.99. The molecule has 1 heterocycles. The van der Waals surface area contributed by atoms with Crippen molar-refractivity contribution in [2.24, 2.45) is 0 Å². The van der Waals surface area contributed by atoms with E-state index in [4.69, 9.17) is 11.6 Å². The normalized spacial score (nSPS) is 15.0. The van der Waals surface area contributed by atoms with Crippen LogP contribution in [-0.4, -0.2) is 22.8 Å². The molecule has 0 saturated heterocycles. The van der Waals surface area contributed by atoms with Crippen molar-refractivity contribution in [3.05, 3.63) is 22.8 Å². The first-order valence-electron chi connectivity index (χ1n) is 6.86. The summed E-state index contributed by atoms with van der Waals surface area (Å²) in [5.41, 5.74) is -0.820. The molecule has 1 rings (SSSR count). The Labute approximate surface area is 132 Å². The van der Waals surface area contributed by atoms with Crippen LogP contribution in [0.15, 0.2) is 17.3 Å². The fourth-order valence-corrected chi connectivity index (χ4v) is 2.95. The first kappa shape index (κ1) is 18.6. The van der Waals surface area contributed by atoms with Crippen molar-refractivity contribution in [1.29, 1.82) is 0 Å². The largest absolute Gasteiger partial charge is 0.417 e. The molecule has 0 spiro atoms. The van der Waals surface area contributed by atoms with Crippen LogP contribution in [0.5, 0.6) is 0 Å². The van der Waals surface area contributed by atoms with Gasteiger partial charge in [-0.05, 0) is 19.4 Å². The van der Waals surface area contributed by atoms with Crippen molar-refractivity contribution in [2.75, 3.05) is 6.54 Å². The first-order chi connectivity index (χ1) is 9.74. The number of hydrogen-bond donors (Lipinski definition) is 1. The second-order valence-corrected chi connectivity index (χ2v) is 6.87. The van der Waals surface area contributed by atoms with Crippen LogP contribution in [0.3, 0.4) is 0 Å². The highest BCUT2D eigenvalue weighted by molar-refractivity contribution is 8.00. The Morgan fingerprint density at radius 1 is 1.38 bits per heavy atom. The smallest absolute Gasteiger partial charge is 0.313 e. The molecule has 0 radical (unpaired) electrons. The van der Waals surface area contributed by atoms with Crippen molar-refractivity contribution >= 4 is 23.4 Å². The van der Waals surface area contributed by atoms with Crippen LogP contribution in [0.2, 0.25) is 5.02 Å². The summed E-state index contributed by atoms with van der Waals surface area (Å²) in [6, 6.07) is 1.35. The van der Waals surface area contributed by atoms with Gasteiger partial charge in [0.05, 0.1) is 10.6 Å². The molecule has 0 aliphatic carbocycles. The van der Waals surface area contributed by atoms with E-state index in [1.807, 2.05) is 6.92 Å². The number of rotatable bonds is 7. The lowest BCUT2D eigenvalue weighted by atomic mass is 10.2. The van der Waals surface area contributed by atoms with Crippen LogP contribution in [0, 0.1) is 0 Å². The highest BCUT2D eigenvalue weighted by Crippen LogP contribution is 2.34. The lowest BCUT2D eigenvalue weighted by Gasteiger charge is -2.17. The molecular formula is C14H20ClF3N2S.